The van der Waals surface area contributed by atoms with Gasteiger partial charge in [-0.15, -0.1) is 0 Å². The number of nitrogens with one attached hydrogen (secondary N) is 1. The number of carboxylic acids is 1. The standard InChI is InChI=1S/C17H25NO3/c1-18-17(16(19)20)11-5-10-15(13-17)21-12-6-9-14-7-3-2-4-8-14/h2-4,7-8,15,18H,5-6,9-13H2,1H3,(H,19,20). The minimum Gasteiger partial charge on any atom is -0.480 e. The third-order valence-electron chi connectivity index (χ3n) is 4.40. The van der Waals surface area contributed by atoms with Crippen LogP contribution in [0, 0.1) is 0 Å². The highest BCUT2D eigenvalue weighted by Crippen LogP contribution is 2.30. The van der Waals surface area contributed by atoms with Gasteiger partial charge in [-0.05, 0) is 44.7 Å². The number of rotatable bonds is 7. The fourth-order valence-corrected chi connectivity index (χ4v) is 3.07. The number of aryl methyl sites for hydroxylation is 1. The van der Waals surface area contributed by atoms with Crippen LogP contribution < -0.4 is 5.32 Å². The molecule has 0 aliphatic heterocycles. The van der Waals surface area contributed by atoms with E-state index in [1.807, 2.05) is 18.2 Å². The molecule has 1 aliphatic rings. The second-order valence-electron chi connectivity index (χ2n) is 5.82. The van der Waals surface area contributed by atoms with Crippen LogP contribution in [0.4, 0.5) is 0 Å². The molecule has 1 aliphatic carbocycles. The Morgan fingerprint density at radius 1 is 1.43 bits per heavy atom. The number of ether oxygens (including phenoxy) is 1. The Bertz CT molecular complexity index is 449. The number of hydrogen-bond donors (Lipinski definition) is 2. The average Bonchev–Trinajstić information content (AvgIpc) is 2.52. The van der Waals surface area contributed by atoms with E-state index >= 15 is 0 Å². The minimum absolute atomic E-state index is 0.0538. The summed E-state index contributed by atoms with van der Waals surface area (Å²) in [5.74, 6) is -0.761. The van der Waals surface area contributed by atoms with Crippen molar-refractivity contribution in [2.45, 2.75) is 50.2 Å². The molecule has 1 aromatic carbocycles. The van der Waals surface area contributed by atoms with Crippen LogP contribution in [-0.4, -0.2) is 36.4 Å². The molecule has 4 nitrogen and oxygen atoms in total. The lowest BCUT2D eigenvalue weighted by Gasteiger charge is -2.37. The van der Waals surface area contributed by atoms with E-state index < -0.39 is 11.5 Å². The second-order valence-corrected chi connectivity index (χ2v) is 5.82. The Morgan fingerprint density at radius 2 is 2.19 bits per heavy atom. The van der Waals surface area contributed by atoms with Crippen LogP contribution >= 0.6 is 0 Å². The lowest BCUT2D eigenvalue weighted by molar-refractivity contribution is -0.148. The molecular formula is C17H25NO3. The van der Waals surface area contributed by atoms with E-state index in [4.69, 9.17) is 4.74 Å². The van der Waals surface area contributed by atoms with Crippen molar-refractivity contribution in [3.05, 3.63) is 35.9 Å². The topological polar surface area (TPSA) is 58.6 Å². The van der Waals surface area contributed by atoms with Gasteiger partial charge in [0.05, 0.1) is 6.10 Å². The summed E-state index contributed by atoms with van der Waals surface area (Å²) < 4.78 is 5.91. The summed E-state index contributed by atoms with van der Waals surface area (Å²) in [5, 5.41) is 12.4. The summed E-state index contributed by atoms with van der Waals surface area (Å²) in [7, 11) is 1.73. The van der Waals surface area contributed by atoms with Crippen LogP contribution in [0.3, 0.4) is 0 Å². The summed E-state index contributed by atoms with van der Waals surface area (Å²) in [6, 6.07) is 10.4. The molecule has 1 fully saturated rings. The van der Waals surface area contributed by atoms with Crippen molar-refractivity contribution in [1.82, 2.24) is 5.32 Å². The Kier molecular flexibility index (Phi) is 5.76. The van der Waals surface area contributed by atoms with Crippen molar-refractivity contribution < 1.29 is 14.6 Å². The zero-order valence-corrected chi connectivity index (χ0v) is 12.7. The molecule has 2 atom stereocenters. The first kappa shape index (κ1) is 16.0. The summed E-state index contributed by atoms with van der Waals surface area (Å²) in [6.45, 7) is 0.693. The molecule has 1 saturated carbocycles. The van der Waals surface area contributed by atoms with Crippen molar-refractivity contribution in [2.75, 3.05) is 13.7 Å². The largest absolute Gasteiger partial charge is 0.480 e. The van der Waals surface area contributed by atoms with Gasteiger partial charge in [-0.2, -0.15) is 0 Å². The minimum atomic E-state index is -0.803. The maximum Gasteiger partial charge on any atom is 0.323 e. The van der Waals surface area contributed by atoms with Crippen LogP contribution in [0.1, 0.15) is 37.7 Å². The van der Waals surface area contributed by atoms with Gasteiger partial charge in [0.1, 0.15) is 5.54 Å². The smallest absolute Gasteiger partial charge is 0.323 e. The zero-order valence-electron chi connectivity index (χ0n) is 12.7. The summed E-state index contributed by atoms with van der Waals surface area (Å²) in [5.41, 5.74) is 0.516. The quantitative estimate of drug-likeness (QED) is 0.758. The first-order valence-corrected chi connectivity index (χ1v) is 7.74. The molecular weight excluding hydrogens is 266 g/mol. The first-order chi connectivity index (χ1) is 10.2. The molecule has 0 radical (unpaired) electrons. The molecule has 0 bridgehead atoms. The van der Waals surface area contributed by atoms with Gasteiger partial charge in [0.15, 0.2) is 0 Å². The first-order valence-electron chi connectivity index (χ1n) is 7.74. The normalized spacial score (nSPS) is 25.7. The Balaban J connectivity index is 1.74. The molecule has 4 heteroatoms. The predicted molar refractivity (Wildman–Crippen MR) is 82.4 cm³/mol. The highest BCUT2D eigenvalue weighted by molar-refractivity contribution is 5.79. The van der Waals surface area contributed by atoms with Crippen molar-refractivity contribution in [2.24, 2.45) is 0 Å². The van der Waals surface area contributed by atoms with E-state index in [1.165, 1.54) is 5.56 Å². The number of hydrogen-bond acceptors (Lipinski definition) is 3. The molecule has 2 unspecified atom stereocenters. The number of carboxylic acid groups (broad SMARTS) is 1. The van der Waals surface area contributed by atoms with E-state index in [1.54, 1.807) is 7.05 Å². The Labute approximate surface area is 126 Å². The molecule has 21 heavy (non-hydrogen) atoms. The summed E-state index contributed by atoms with van der Waals surface area (Å²) in [6.07, 6.45) is 5.13. The van der Waals surface area contributed by atoms with Crippen LogP contribution in [0.25, 0.3) is 0 Å². The maximum atomic E-state index is 11.4. The van der Waals surface area contributed by atoms with Gasteiger partial charge < -0.3 is 15.2 Å². The molecule has 2 rings (SSSR count). The lowest BCUT2D eigenvalue weighted by atomic mass is 9.80. The maximum absolute atomic E-state index is 11.4. The second kappa shape index (κ2) is 7.57. The molecule has 0 saturated heterocycles. The van der Waals surface area contributed by atoms with E-state index in [2.05, 4.69) is 17.4 Å². The SMILES string of the molecule is CNC1(C(=O)O)CCCC(OCCCc2ccccc2)C1. The van der Waals surface area contributed by atoms with Crippen molar-refractivity contribution >= 4 is 5.97 Å². The van der Waals surface area contributed by atoms with Crippen LogP contribution in [0.5, 0.6) is 0 Å². The van der Waals surface area contributed by atoms with Gasteiger partial charge in [0, 0.05) is 13.0 Å². The highest BCUT2D eigenvalue weighted by Gasteiger charge is 2.41. The van der Waals surface area contributed by atoms with Crippen LogP contribution in [0.15, 0.2) is 30.3 Å². The molecule has 0 aromatic heterocycles. The third-order valence-corrected chi connectivity index (χ3v) is 4.40. The summed E-state index contributed by atoms with van der Waals surface area (Å²) in [4.78, 5) is 11.4. The van der Waals surface area contributed by atoms with Crippen LogP contribution in [-0.2, 0) is 16.0 Å². The van der Waals surface area contributed by atoms with Gasteiger partial charge in [0.2, 0.25) is 0 Å². The Morgan fingerprint density at radius 3 is 2.86 bits per heavy atom. The molecule has 0 heterocycles. The average molecular weight is 291 g/mol. The molecule has 2 N–H and O–H groups in total. The number of likely N-dealkylation sites (N-methyl/N-ethyl adjacent to an activating group) is 1. The van der Waals surface area contributed by atoms with Gasteiger partial charge in [-0.3, -0.25) is 4.79 Å². The Hall–Kier alpha value is -1.39. The van der Waals surface area contributed by atoms with Gasteiger partial charge >= 0.3 is 5.97 Å². The fraction of sp³-hybridized carbons (Fsp3) is 0.588. The number of benzene rings is 1. The van der Waals surface area contributed by atoms with Crippen LogP contribution in [0.2, 0.25) is 0 Å². The third kappa shape index (κ3) is 4.29. The predicted octanol–water partition coefficient (Wildman–Crippen LogP) is 2.62. The highest BCUT2D eigenvalue weighted by atomic mass is 16.5. The van der Waals surface area contributed by atoms with Gasteiger partial charge in [0.25, 0.3) is 0 Å². The molecule has 0 amide bonds. The van der Waals surface area contributed by atoms with Crippen molar-refractivity contribution in [3.8, 4) is 0 Å². The van der Waals surface area contributed by atoms with Crippen molar-refractivity contribution in [3.63, 3.8) is 0 Å². The van der Waals surface area contributed by atoms with E-state index in [-0.39, 0.29) is 6.10 Å². The molecule has 0 spiro atoms. The molecule has 116 valence electrons. The lowest BCUT2D eigenvalue weighted by Crippen LogP contribution is -2.54. The fourth-order valence-electron chi connectivity index (χ4n) is 3.07. The monoisotopic (exact) mass is 291 g/mol. The van der Waals surface area contributed by atoms with Gasteiger partial charge in [-0.25, -0.2) is 0 Å². The van der Waals surface area contributed by atoms with E-state index in [0.717, 1.165) is 25.7 Å². The van der Waals surface area contributed by atoms with Crippen molar-refractivity contribution in [1.29, 1.82) is 0 Å². The summed E-state index contributed by atoms with van der Waals surface area (Å²) >= 11 is 0. The number of carbonyl (C=O) groups is 1. The molecule has 1 aromatic rings. The van der Waals surface area contributed by atoms with E-state index in [0.29, 0.717) is 19.4 Å². The van der Waals surface area contributed by atoms with E-state index in [9.17, 15) is 9.90 Å². The number of aliphatic carboxylic acids is 1. The zero-order chi connectivity index (χ0) is 15.1. The van der Waals surface area contributed by atoms with Gasteiger partial charge in [-0.1, -0.05) is 30.3 Å².